The van der Waals surface area contributed by atoms with E-state index in [0.29, 0.717) is 13.0 Å². The van der Waals surface area contributed by atoms with Crippen molar-refractivity contribution < 1.29 is 14.8 Å². The van der Waals surface area contributed by atoms with Crippen LogP contribution in [0.2, 0.25) is 0 Å². The highest BCUT2D eigenvalue weighted by molar-refractivity contribution is 5.98. The van der Waals surface area contributed by atoms with E-state index in [1.807, 2.05) is 0 Å². The molecule has 0 aliphatic rings. The third-order valence-electron chi connectivity index (χ3n) is 2.33. The first-order chi connectivity index (χ1) is 8.47. The van der Waals surface area contributed by atoms with Crippen LogP contribution in [0.15, 0.2) is 12.3 Å². The first-order valence-corrected chi connectivity index (χ1v) is 5.23. The summed E-state index contributed by atoms with van der Waals surface area (Å²) in [4.78, 5) is 27.0. The molecular weight excluding hydrogens is 240 g/mol. The zero-order chi connectivity index (χ0) is 13.7. The van der Waals surface area contributed by atoms with Crippen LogP contribution in [0.5, 0.6) is 0 Å². The van der Waals surface area contributed by atoms with Gasteiger partial charge in [-0.2, -0.15) is 0 Å². The van der Waals surface area contributed by atoms with Crippen LogP contribution in [0.25, 0.3) is 0 Å². The van der Waals surface area contributed by atoms with E-state index in [2.05, 4.69) is 4.98 Å². The van der Waals surface area contributed by atoms with Crippen LogP contribution in [-0.2, 0) is 0 Å². The lowest BCUT2D eigenvalue weighted by Crippen LogP contribution is -2.29. The highest BCUT2D eigenvalue weighted by Gasteiger charge is 2.23. The van der Waals surface area contributed by atoms with Crippen LogP contribution < -0.4 is 5.73 Å². The summed E-state index contributed by atoms with van der Waals surface area (Å²) < 4.78 is 0. The molecule has 0 aromatic carbocycles. The number of nitrogens with zero attached hydrogens (tertiary/aromatic N) is 3. The molecule has 0 bridgehead atoms. The molecule has 1 aromatic heterocycles. The van der Waals surface area contributed by atoms with Crippen LogP contribution in [0.1, 0.15) is 16.8 Å². The van der Waals surface area contributed by atoms with Crippen LogP contribution in [0.4, 0.5) is 11.5 Å². The van der Waals surface area contributed by atoms with E-state index in [1.54, 1.807) is 0 Å². The number of amides is 1. The lowest BCUT2D eigenvalue weighted by molar-refractivity contribution is -0.385. The maximum Gasteiger partial charge on any atom is 0.300 e. The molecule has 1 aromatic rings. The smallest absolute Gasteiger partial charge is 0.300 e. The second-order valence-electron chi connectivity index (χ2n) is 3.69. The van der Waals surface area contributed by atoms with Crippen molar-refractivity contribution in [1.82, 2.24) is 9.88 Å². The average molecular weight is 254 g/mol. The van der Waals surface area contributed by atoms with Crippen molar-refractivity contribution in [2.24, 2.45) is 0 Å². The van der Waals surface area contributed by atoms with E-state index >= 15 is 0 Å². The number of hydrogen-bond acceptors (Lipinski definition) is 6. The molecule has 0 radical (unpaired) electrons. The molecule has 0 saturated heterocycles. The third-order valence-corrected chi connectivity index (χ3v) is 2.33. The number of nitrogens with two attached hydrogens (primary N) is 1. The van der Waals surface area contributed by atoms with E-state index in [4.69, 9.17) is 10.8 Å². The number of hydrogen-bond donors (Lipinski definition) is 2. The minimum Gasteiger partial charge on any atom is -0.396 e. The number of carbonyl (C=O) groups is 1. The first kappa shape index (κ1) is 13.8. The summed E-state index contributed by atoms with van der Waals surface area (Å²) >= 11 is 0. The molecule has 1 rings (SSSR count). The Labute approximate surface area is 103 Å². The summed E-state index contributed by atoms with van der Waals surface area (Å²) in [6, 6.07) is 1.18. The molecule has 8 nitrogen and oxygen atoms in total. The van der Waals surface area contributed by atoms with Gasteiger partial charge in [0.25, 0.3) is 11.6 Å². The van der Waals surface area contributed by atoms with Gasteiger partial charge in [-0.1, -0.05) is 0 Å². The van der Waals surface area contributed by atoms with Crippen LogP contribution in [0, 0.1) is 10.1 Å². The molecule has 18 heavy (non-hydrogen) atoms. The minimum absolute atomic E-state index is 0.0412. The topological polar surface area (TPSA) is 123 Å². The van der Waals surface area contributed by atoms with Crippen LogP contribution >= 0.6 is 0 Å². The van der Waals surface area contributed by atoms with Crippen molar-refractivity contribution >= 4 is 17.4 Å². The van der Waals surface area contributed by atoms with Gasteiger partial charge >= 0.3 is 0 Å². The molecule has 0 saturated carbocycles. The largest absolute Gasteiger partial charge is 0.396 e. The molecule has 3 N–H and O–H groups in total. The molecule has 1 amide bonds. The Morgan fingerprint density at radius 3 is 2.89 bits per heavy atom. The van der Waals surface area contributed by atoms with E-state index in [0.717, 1.165) is 6.20 Å². The van der Waals surface area contributed by atoms with Gasteiger partial charge in [-0.05, 0) is 12.5 Å². The normalized spacial score (nSPS) is 10.1. The second kappa shape index (κ2) is 5.92. The highest BCUT2D eigenvalue weighted by atomic mass is 16.6. The van der Waals surface area contributed by atoms with Crippen molar-refractivity contribution in [2.45, 2.75) is 6.42 Å². The Morgan fingerprint density at radius 2 is 2.33 bits per heavy atom. The monoisotopic (exact) mass is 254 g/mol. The van der Waals surface area contributed by atoms with Gasteiger partial charge in [0.15, 0.2) is 0 Å². The number of nitrogen functional groups attached to an aromatic ring is 1. The van der Waals surface area contributed by atoms with Crippen LogP contribution in [0.3, 0.4) is 0 Å². The van der Waals surface area contributed by atoms with Crippen molar-refractivity contribution in [1.29, 1.82) is 0 Å². The number of aromatic nitrogens is 1. The molecule has 98 valence electrons. The zero-order valence-electron chi connectivity index (χ0n) is 9.87. The third kappa shape index (κ3) is 3.14. The van der Waals surface area contributed by atoms with Gasteiger partial charge in [-0.25, -0.2) is 4.98 Å². The van der Waals surface area contributed by atoms with Gasteiger partial charge in [0.1, 0.15) is 17.6 Å². The van der Waals surface area contributed by atoms with Crippen LogP contribution in [-0.4, -0.2) is 46.0 Å². The van der Waals surface area contributed by atoms with Gasteiger partial charge in [0, 0.05) is 20.2 Å². The first-order valence-electron chi connectivity index (χ1n) is 5.23. The molecule has 0 atom stereocenters. The summed E-state index contributed by atoms with van der Waals surface area (Å²) in [5.74, 6) is -0.483. The van der Waals surface area contributed by atoms with Gasteiger partial charge in [-0.3, -0.25) is 14.9 Å². The molecule has 0 spiro atoms. The fraction of sp³-hybridized carbons (Fsp3) is 0.400. The lowest BCUT2D eigenvalue weighted by Gasteiger charge is -2.16. The SMILES string of the molecule is CN(CCCO)C(=O)c1cc(N)ncc1[N+](=O)[O-]. The predicted molar refractivity (Wildman–Crippen MR) is 64.0 cm³/mol. The maximum atomic E-state index is 12.0. The highest BCUT2D eigenvalue weighted by Crippen LogP contribution is 2.20. The van der Waals surface area contributed by atoms with E-state index < -0.39 is 10.8 Å². The van der Waals surface area contributed by atoms with Gasteiger partial charge < -0.3 is 15.7 Å². The number of rotatable bonds is 5. The number of nitro groups is 1. The Bertz CT molecular complexity index is 463. The fourth-order valence-corrected chi connectivity index (χ4v) is 1.40. The Kier molecular flexibility index (Phi) is 4.55. The zero-order valence-corrected chi connectivity index (χ0v) is 9.87. The number of pyridine rings is 1. The average Bonchev–Trinajstić information content (AvgIpc) is 2.34. The van der Waals surface area contributed by atoms with Gasteiger partial charge in [0.05, 0.1) is 4.92 Å². The molecule has 0 unspecified atom stereocenters. The van der Waals surface area contributed by atoms with E-state index in [9.17, 15) is 14.9 Å². The summed E-state index contributed by atoms with van der Waals surface area (Å²) in [6.45, 7) is 0.243. The molecule has 0 aliphatic carbocycles. The summed E-state index contributed by atoms with van der Waals surface area (Å²) in [7, 11) is 1.50. The van der Waals surface area contributed by atoms with Crippen molar-refractivity contribution in [3.63, 3.8) is 0 Å². The van der Waals surface area contributed by atoms with Crippen molar-refractivity contribution in [3.8, 4) is 0 Å². The lowest BCUT2D eigenvalue weighted by atomic mass is 10.2. The quantitative estimate of drug-likeness (QED) is 0.564. The number of anilines is 1. The Hall–Kier alpha value is -2.22. The molecule has 1 heterocycles. The molecule has 0 aliphatic heterocycles. The maximum absolute atomic E-state index is 12.0. The molecular formula is C10H14N4O4. The van der Waals surface area contributed by atoms with Crippen molar-refractivity contribution in [2.75, 3.05) is 25.9 Å². The standard InChI is InChI=1S/C10H14N4O4/c1-13(3-2-4-15)10(16)7-5-9(11)12-6-8(7)14(17)18/h5-6,15H,2-4H2,1H3,(H2,11,12). The Balaban J connectivity index is 3.03. The number of aliphatic hydroxyl groups is 1. The summed E-state index contributed by atoms with van der Waals surface area (Å²) in [6.07, 6.45) is 1.36. The fourth-order valence-electron chi connectivity index (χ4n) is 1.40. The minimum atomic E-state index is -0.681. The van der Waals surface area contributed by atoms with Crippen molar-refractivity contribution in [3.05, 3.63) is 27.9 Å². The van der Waals surface area contributed by atoms with E-state index in [-0.39, 0.29) is 23.7 Å². The van der Waals surface area contributed by atoms with Gasteiger partial charge in [0.2, 0.25) is 0 Å². The van der Waals surface area contributed by atoms with Gasteiger partial charge in [-0.15, -0.1) is 0 Å². The molecule has 0 fully saturated rings. The number of aliphatic hydroxyl groups excluding tert-OH is 1. The summed E-state index contributed by atoms with van der Waals surface area (Å²) in [5.41, 5.74) is 4.93. The summed E-state index contributed by atoms with van der Waals surface area (Å²) in [5, 5.41) is 19.5. The number of carbonyl (C=O) groups excluding carboxylic acids is 1. The molecule has 8 heteroatoms. The predicted octanol–water partition coefficient (Wildman–Crippen LogP) is 0.0264. The Morgan fingerprint density at radius 1 is 1.67 bits per heavy atom. The second-order valence-corrected chi connectivity index (χ2v) is 3.69. The van der Waals surface area contributed by atoms with E-state index in [1.165, 1.54) is 18.0 Å².